The van der Waals surface area contributed by atoms with E-state index >= 15 is 0 Å². The Morgan fingerprint density at radius 2 is 1.85 bits per heavy atom. The maximum atomic E-state index is 13.0. The van der Waals surface area contributed by atoms with Crippen LogP contribution >= 0.6 is 11.8 Å². The average molecular weight is 388 g/mol. The van der Waals surface area contributed by atoms with Crippen LogP contribution in [0.4, 0.5) is 5.69 Å². The Bertz CT molecular complexity index is 881. The highest BCUT2D eigenvalue weighted by Gasteiger charge is 2.40. The van der Waals surface area contributed by atoms with Gasteiger partial charge in [-0.1, -0.05) is 19.9 Å². The standard InChI is InChI=1S/C21H25NO4S/c1-11(2)15-10-16(12(3)8-18(15)24)22-20(25)13(4)27-21(22)14-6-7-17(23)19(9-14)26-5/h6-11,13,21,23-24H,1-5H3. The maximum Gasteiger partial charge on any atom is 0.241 e. The Labute approximate surface area is 164 Å². The molecule has 1 aliphatic heterocycles. The molecule has 5 nitrogen and oxygen atoms in total. The van der Waals surface area contributed by atoms with Crippen LogP contribution in [-0.2, 0) is 4.79 Å². The molecule has 1 heterocycles. The van der Waals surface area contributed by atoms with E-state index in [1.165, 1.54) is 7.11 Å². The summed E-state index contributed by atoms with van der Waals surface area (Å²) in [5.74, 6) is 0.866. The monoisotopic (exact) mass is 387 g/mol. The van der Waals surface area contributed by atoms with Gasteiger partial charge in [0, 0.05) is 5.69 Å². The molecule has 0 saturated carbocycles. The number of anilines is 1. The molecule has 0 bridgehead atoms. The zero-order valence-electron chi connectivity index (χ0n) is 16.2. The number of methoxy groups -OCH3 is 1. The highest BCUT2D eigenvalue weighted by Crippen LogP contribution is 2.48. The maximum absolute atomic E-state index is 13.0. The first kappa shape index (κ1) is 19.4. The first-order valence-electron chi connectivity index (χ1n) is 8.93. The summed E-state index contributed by atoms with van der Waals surface area (Å²) >= 11 is 1.56. The minimum atomic E-state index is -0.231. The van der Waals surface area contributed by atoms with Crippen molar-refractivity contribution in [2.45, 2.75) is 44.2 Å². The van der Waals surface area contributed by atoms with Crippen molar-refractivity contribution in [2.75, 3.05) is 12.0 Å². The highest BCUT2D eigenvalue weighted by molar-refractivity contribution is 8.01. The molecule has 144 valence electrons. The van der Waals surface area contributed by atoms with Gasteiger partial charge in [0.05, 0.1) is 12.4 Å². The van der Waals surface area contributed by atoms with Crippen LogP contribution in [0, 0.1) is 6.92 Å². The van der Waals surface area contributed by atoms with Crippen LogP contribution in [0.2, 0.25) is 0 Å². The predicted molar refractivity (Wildman–Crippen MR) is 109 cm³/mol. The van der Waals surface area contributed by atoms with Crippen LogP contribution < -0.4 is 9.64 Å². The molecule has 2 unspecified atom stereocenters. The van der Waals surface area contributed by atoms with Gasteiger partial charge >= 0.3 is 0 Å². The average Bonchev–Trinajstić information content (AvgIpc) is 2.90. The van der Waals surface area contributed by atoms with Gasteiger partial charge in [-0.3, -0.25) is 9.69 Å². The number of benzene rings is 2. The molecule has 0 radical (unpaired) electrons. The summed E-state index contributed by atoms with van der Waals surface area (Å²) in [5, 5.41) is 19.8. The van der Waals surface area contributed by atoms with Gasteiger partial charge in [0.25, 0.3) is 0 Å². The lowest BCUT2D eigenvalue weighted by Gasteiger charge is -2.27. The summed E-state index contributed by atoms with van der Waals surface area (Å²) in [5.41, 5.74) is 3.34. The van der Waals surface area contributed by atoms with E-state index in [1.54, 1.807) is 34.9 Å². The molecular formula is C21H25NO4S. The SMILES string of the molecule is COc1cc(C2SC(C)C(=O)N2c2cc(C(C)C)c(O)cc2C)ccc1O. The van der Waals surface area contributed by atoms with Crippen molar-refractivity contribution in [1.82, 2.24) is 0 Å². The molecule has 27 heavy (non-hydrogen) atoms. The molecule has 1 amide bonds. The molecule has 1 aliphatic rings. The fraction of sp³-hybridized carbons (Fsp3) is 0.381. The van der Waals surface area contributed by atoms with E-state index in [0.717, 1.165) is 22.4 Å². The second-order valence-electron chi connectivity index (χ2n) is 7.12. The second-order valence-corrected chi connectivity index (χ2v) is 8.55. The predicted octanol–water partition coefficient (Wildman–Crippen LogP) is 4.71. The largest absolute Gasteiger partial charge is 0.508 e. The van der Waals surface area contributed by atoms with Gasteiger partial charge < -0.3 is 14.9 Å². The third-order valence-electron chi connectivity index (χ3n) is 4.87. The molecule has 2 aromatic carbocycles. The van der Waals surface area contributed by atoms with Crippen LogP contribution in [0.25, 0.3) is 0 Å². The van der Waals surface area contributed by atoms with E-state index in [-0.39, 0.29) is 33.9 Å². The summed E-state index contributed by atoms with van der Waals surface area (Å²) < 4.78 is 5.23. The van der Waals surface area contributed by atoms with Crippen molar-refractivity contribution in [3.63, 3.8) is 0 Å². The molecule has 0 aliphatic carbocycles. The van der Waals surface area contributed by atoms with E-state index in [0.29, 0.717) is 5.75 Å². The molecule has 1 fully saturated rings. The summed E-state index contributed by atoms with van der Waals surface area (Å²) in [7, 11) is 1.51. The third kappa shape index (κ3) is 3.46. The van der Waals surface area contributed by atoms with Gasteiger partial charge in [-0.15, -0.1) is 11.8 Å². The Morgan fingerprint density at radius 3 is 2.48 bits per heavy atom. The number of carbonyl (C=O) groups excluding carboxylic acids is 1. The van der Waals surface area contributed by atoms with Crippen molar-refractivity contribution < 1.29 is 19.7 Å². The number of ether oxygens (including phenoxy) is 1. The molecule has 0 aromatic heterocycles. The number of phenolic OH excluding ortho intramolecular Hbond substituents is 2. The van der Waals surface area contributed by atoms with Crippen molar-refractivity contribution in [2.24, 2.45) is 0 Å². The fourth-order valence-electron chi connectivity index (χ4n) is 3.36. The minimum absolute atomic E-state index is 0.0283. The number of thioether (sulfide) groups is 1. The summed E-state index contributed by atoms with van der Waals surface area (Å²) in [6.45, 7) is 7.82. The Morgan fingerprint density at radius 1 is 1.15 bits per heavy atom. The van der Waals surface area contributed by atoms with E-state index in [4.69, 9.17) is 4.74 Å². The number of rotatable bonds is 4. The third-order valence-corrected chi connectivity index (χ3v) is 6.22. The quantitative estimate of drug-likeness (QED) is 0.795. The van der Waals surface area contributed by atoms with Crippen molar-refractivity contribution in [3.8, 4) is 17.2 Å². The zero-order chi connectivity index (χ0) is 19.9. The molecule has 0 spiro atoms. The van der Waals surface area contributed by atoms with E-state index < -0.39 is 0 Å². The van der Waals surface area contributed by atoms with Gasteiger partial charge in [-0.2, -0.15) is 0 Å². The topological polar surface area (TPSA) is 70.0 Å². The van der Waals surface area contributed by atoms with Gasteiger partial charge in [0.2, 0.25) is 5.91 Å². The second kappa shape index (κ2) is 7.35. The number of aryl methyl sites for hydroxylation is 1. The number of amides is 1. The van der Waals surface area contributed by atoms with Crippen LogP contribution in [0.15, 0.2) is 30.3 Å². The molecule has 2 aromatic rings. The first-order chi connectivity index (χ1) is 12.7. The molecule has 3 rings (SSSR count). The number of carbonyl (C=O) groups is 1. The van der Waals surface area contributed by atoms with E-state index in [1.807, 2.05) is 39.8 Å². The molecule has 2 atom stereocenters. The Hall–Kier alpha value is -2.34. The fourth-order valence-corrected chi connectivity index (χ4v) is 4.62. The lowest BCUT2D eigenvalue weighted by atomic mass is 9.98. The minimum Gasteiger partial charge on any atom is -0.508 e. The van der Waals surface area contributed by atoms with Gasteiger partial charge in [-0.05, 0) is 60.7 Å². The molecular weight excluding hydrogens is 362 g/mol. The van der Waals surface area contributed by atoms with Crippen molar-refractivity contribution >= 4 is 23.4 Å². The molecule has 2 N–H and O–H groups in total. The van der Waals surface area contributed by atoms with Gasteiger partial charge in [-0.25, -0.2) is 0 Å². The normalized spacial score (nSPS) is 19.8. The van der Waals surface area contributed by atoms with Crippen molar-refractivity contribution in [3.05, 3.63) is 47.0 Å². The van der Waals surface area contributed by atoms with Crippen LogP contribution in [0.5, 0.6) is 17.2 Å². The number of phenols is 2. The van der Waals surface area contributed by atoms with Gasteiger partial charge in [0.15, 0.2) is 11.5 Å². The highest BCUT2D eigenvalue weighted by atomic mass is 32.2. The Balaban J connectivity index is 2.12. The van der Waals surface area contributed by atoms with E-state index in [2.05, 4.69) is 0 Å². The lowest BCUT2D eigenvalue weighted by molar-refractivity contribution is -0.117. The van der Waals surface area contributed by atoms with Crippen LogP contribution in [-0.4, -0.2) is 28.5 Å². The number of aromatic hydroxyl groups is 2. The smallest absolute Gasteiger partial charge is 0.241 e. The number of nitrogens with zero attached hydrogens (tertiary/aromatic N) is 1. The molecule has 6 heteroatoms. The number of hydrogen-bond acceptors (Lipinski definition) is 5. The molecule has 1 saturated heterocycles. The Kier molecular flexibility index (Phi) is 5.29. The summed E-state index contributed by atoms with van der Waals surface area (Å²) in [6, 6.07) is 8.80. The van der Waals surface area contributed by atoms with Crippen molar-refractivity contribution in [1.29, 1.82) is 0 Å². The van der Waals surface area contributed by atoms with Gasteiger partial charge in [0.1, 0.15) is 11.1 Å². The number of hydrogen-bond donors (Lipinski definition) is 2. The summed E-state index contributed by atoms with van der Waals surface area (Å²) in [4.78, 5) is 14.8. The zero-order valence-corrected chi connectivity index (χ0v) is 17.0. The summed E-state index contributed by atoms with van der Waals surface area (Å²) in [6.07, 6.45) is 0. The first-order valence-corrected chi connectivity index (χ1v) is 9.87. The van der Waals surface area contributed by atoms with Crippen LogP contribution in [0.1, 0.15) is 48.8 Å². The van der Waals surface area contributed by atoms with Crippen LogP contribution in [0.3, 0.4) is 0 Å². The lowest BCUT2D eigenvalue weighted by Crippen LogP contribution is -2.30. The van der Waals surface area contributed by atoms with E-state index in [9.17, 15) is 15.0 Å².